The lowest BCUT2D eigenvalue weighted by molar-refractivity contribution is -0.192. The molecular formula is C12H18N2O4. The Hall–Kier alpha value is -0.980. The molecule has 0 bridgehead atoms. The average Bonchev–Trinajstić information content (AvgIpc) is 2.99. The third-order valence-electron chi connectivity index (χ3n) is 3.71. The van der Waals surface area contributed by atoms with E-state index in [2.05, 4.69) is 14.9 Å². The maximum atomic E-state index is 5.84. The highest BCUT2D eigenvalue weighted by atomic mass is 16.7. The van der Waals surface area contributed by atoms with E-state index in [1.807, 2.05) is 6.92 Å². The smallest absolute Gasteiger partial charge is 0.168 e. The van der Waals surface area contributed by atoms with E-state index in [9.17, 15) is 0 Å². The van der Waals surface area contributed by atoms with E-state index in [0.29, 0.717) is 6.61 Å². The van der Waals surface area contributed by atoms with Crippen molar-refractivity contribution in [3.05, 3.63) is 11.4 Å². The first-order valence-electron chi connectivity index (χ1n) is 6.45. The van der Waals surface area contributed by atoms with Gasteiger partial charge in [-0.2, -0.15) is 0 Å². The molecule has 1 saturated carbocycles. The molecule has 1 aliphatic heterocycles. The summed E-state index contributed by atoms with van der Waals surface area (Å²) in [5.41, 5.74) is 1.58. The lowest BCUT2D eigenvalue weighted by Crippen LogP contribution is -2.37. The van der Waals surface area contributed by atoms with Crippen molar-refractivity contribution in [1.82, 2.24) is 10.3 Å². The fourth-order valence-corrected chi connectivity index (χ4v) is 2.56. The molecule has 0 atom stereocenters. The summed E-state index contributed by atoms with van der Waals surface area (Å²) in [6.07, 6.45) is 4.00. The van der Waals surface area contributed by atoms with Crippen LogP contribution in [-0.4, -0.2) is 35.4 Å². The van der Waals surface area contributed by atoms with Crippen LogP contribution in [0.5, 0.6) is 0 Å². The number of hydrogen-bond donors (Lipinski definition) is 0. The number of hydrogen-bond acceptors (Lipinski definition) is 6. The van der Waals surface area contributed by atoms with E-state index in [4.69, 9.17) is 14.2 Å². The van der Waals surface area contributed by atoms with Crippen LogP contribution in [0.4, 0.5) is 0 Å². The zero-order chi connectivity index (χ0) is 12.4. The average molecular weight is 254 g/mol. The van der Waals surface area contributed by atoms with Gasteiger partial charge in [0.2, 0.25) is 0 Å². The molecule has 100 valence electrons. The Morgan fingerprint density at radius 1 is 1.22 bits per heavy atom. The topological polar surface area (TPSA) is 66.6 Å². The highest BCUT2D eigenvalue weighted by Gasteiger charge is 2.40. The largest absolute Gasteiger partial charge is 0.372 e. The molecule has 1 spiro atoms. The van der Waals surface area contributed by atoms with Crippen molar-refractivity contribution in [3.63, 3.8) is 0 Å². The molecule has 1 aromatic heterocycles. The van der Waals surface area contributed by atoms with Crippen molar-refractivity contribution in [2.75, 3.05) is 13.2 Å². The first-order valence-corrected chi connectivity index (χ1v) is 6.45. The predicted molar refractivity (Wildman–Crippen MR) is 60.7 cm³/mol. The van der Waals surface area contributed by atoms with Crippen LogP contribution in [0.15, 0.2) is 4.63 Å². The van der Waals surface area contributed by atoms with Gasteiger partial charge in [-0.1, -0.05) is 10.3 Å². The molecule has 6 nitrogen and oxygen atoms in total. The van der Waals surface area contributed by atoms with Gasteiger partial charge in [0.05, 0.1) is 25.9 Å². The van der Waals surface area contributed by atoms with Crippen LogP contribution < -0.4 is 0 Å². The third kappa shape index (κ3) is 2.41. The molecule has 0 N–H and O–H groups in total. The second-order valence-electron chi connectivity index (χ2n) is 4.91. The summed E-state index contributed by atoms with van der Waals surface area (Å²) in [7, 11) is 0. The van der Waals surface area contributed by atoms with Gasteiger partial charge < -0.3 is 14.2 Å². The quantitative estimate of drug-likeness (QED) is 0.815. The normalized spacial score (nSPS) is 23.8. The maximum absolute atomic E-state index is 5.84. The fraction of sp³-hybridized carbons (Fsp3) is 0.833. The van der Waals surface area contributed by atoms with E-state index in [1.165, 1.54) is 0 Å². The summed E-state index contributed by atoms with van der Waals surface area (Å²) in [5, 5.41) is 7.54. The van der Waals surface area contributed by atoms with Gasteiger partial charge in [0.1, 0.15) is 11.4 Å². The number of aryl methyl sites for hydroxylation is 1. The molecule has 18 heavy (non-hydrogen) atoms. The Morgan fingerprint density at radius 3 is 2.56 bits per heavy atom. The second kappa shape index (κ2) is 4.95. The molecule has 1 aliphatic carbocycles. The van der Waals surface area contributed by atoms with Gasteiger partial charge in [-0.25, -0.2) is 4.63 Å². The summed E-state index contributed by atoms with van der Waals surface area (Å²) in [5.74, 6) is -0.314. The summed E-state index contributed by atoms with van der Waals surface area (Å²) >= 11 is 0. The third-order valence-corrected chi connectivity index (χ3v) is 3.71. The lowest BCUT2D eigenvalue weighted by atomic mass is 9.92. The molecule has 2 aliphatic rings. The van der Waals surface area contributed by atoms with Gasteiger partial charge >= 0.3 is 0 Å². The minimum Gasteiger partial charge on any atom is -0.372 e. The molecule has 1 aromatic rings. The van der Waals surface area contributed by atoms with Crippen molar-refractivity contribution in [1.29, 1.82) is 0 Å². The van der Waals surface area contributed by atoms with Crippen LogP contribution in [0.3, 0.4) is 0 Å². The molecule has 0 aromatic carbocycles. The van der Waals surface area contributed by atoms with Crippen molar-refractivity contribution >= 4 is 0 Å². The molecule has 0 amide bonds. The maximum Gasteiger partial charge on any atom is 0.168 e. The van der Waals surface area contributed by atoms with Crippen LogP contribution >= 0.6 is 0 Å². The zero-order valence-electron chi connectivity index (χ0n) is 10.6. The lowest BCUT2D eigenvalue weighted by Gasteiger charge is -2.35. The molecule has 2 fully saturated rings. The van der Waals surface area contributed by atoms with Crippen molar-refractivity contribution in [2.45, 2.75) is 51.1 Å². The van der Waals surface area contributed by atoms with E-state index in [-0.39, 0.29) is 11.9 Å². The Balaban J connectivity index is 1.47. The molecule has 1 saturated heterocycles. The minimum absolute atomic E-state index is 0.250. The summed E-state index contributed by atoms with van der Waals surface area (Å²) < 4.78 is 21.8. The van der Waals surface area contributed by atoms with Crippen molar-refractivity contribution in [2.24, 2.45) is 0 Å². The monoisotopic (exact) mass is 254 g/mol. The Labute approximate surface area is 106 Å². The fourth-order valence-electron chi connectivity index (χ4n) is 2.56. The van der Waals surface area contributed by atoms with Crippen LogP contribution in [-0.2, 0) is 20.8 Å². The Kier molecular flexibility index (Phi) is 3.32. The van der Waals surface area contributed by atoms with E-state index >= 15 is 0 Å². The Bertz CT molecular complexity index is 391. The second-order valence-corrected chi connectivity index (χ2v) is 4.91. The van der Waals surface area contributed by atoms with E-state index < -0.39 is 0 Å². The van der Waals surface area contributed by atoms with Gasteiger partial charge in [0.15, 0.2) is 5.79 Å². The van der Waals surface area contributed by atoms with E-state index in [1.54, 1.807) is 0 Å². The van der Waals surface area contributed by atoms with Crippen LogP contribution in [0, 0.1) is 6.92 Å². The summed E-state index contributed by atoms with van der Waals surface area (Å²) in [4.78, 5) is 0. The van der Waals surface area contributed by atoms with E-state index in [0.717, 1.165) is 50.3 Å². The number of ether oxygens (including phenoxy) is 3. The van der Waals surface area contributed by atoms with Gasteiger partial charge in [0, 0.05) is 12.8 Å². The van der Waals surface area contributed by atoms with Gasteiger partial charge in [-0.15, -0.1) is 0 Å². The molecular weight excluding hydrogens is 236 g/mol. The Morgan fingerprint density at radius 2 is 1.94 bits per heavy atom. The number of aromatic nitrogens is 2. The summed E-state index contributed by atoms with van der Waals surface area (Å²) in [6.45, 7) is 3.77. The molecule has 0 radical (unpaired) electrons. The van der Waals surface area contributed by atoms with Crippen LogP contribution in [0.2, 0.25) is 0 Å². The highest BCUT2D eigenvalue weighted by molar-refractivity contribution is 5.02. The van der Waals surface area contributed by atoms with Gasteiger partial charge in [-0.3, -0.25) is 0 Å². The van der Waals surface area contributed by atoms with Crippen molar-refractivity contribution in [3.8, 4) is 0 Å². The van der Waals surface area contributed by atoms with Crippen LogP contribution in [0.25, 0.3) is 0 Å². The highest BCUT2D eigenvalue weighted by Crippen LogP contribution is 2.36. The number of rotatable bonds is 3. The van der Waals surface area contributed by atoms with Gasteiger partial charge in [0.25, 0.3) is 0 Å². The van der Waals surface area contributed by atoms with Gasteiger partial charge in [-0.05, 0) is 19.8 Å². The molecule has 6 heteroatoms. The first kappa shape index (κ1) is 12.1. The molecule has 0 unspecified atom stereocenters. The zero-order valence-corrected chi connectivity index (χ0v) is 10.6. The minimum atomic E-state index is -0.314. The SMILES string of the molecule is Cc1nonc1COC1CCC2(CC1)OCCO2. The first-order chi connectivity index (χ1) is 8.77. The molecule has 2 heterocycles. The summed E-state index contributed by atoms with van der Waals surface area (Å²) in [6, 6.07) is 0. The standard InChI is InChI=1S/C12H18N2O4/c1-9-11(14-18-13-9)8-15-10-2-4-12(5-3-10)16-6-7-17-12/h10H,2-8H2,1H3. The predicted octanol–water partition coefficient (Wildman–Crippen LogP) is 1.58. The van der Waals surface area contributed by atoms with Crippen LogP contribution in [0.1, 0.15) is 37.1 Å². The van der Waals surface area contributed by atoms with Crippen molar-refractivity contribution < 1.29 is 18.8 Å². The number of nitrogens with zero attached hydrogens (tertiary/aromatic N) is 2. The molecule has 3 rings (SSSR count).